The van der Waals surface area contributed by atoms with Crippen molar-refractivity contribution in [2.75, 3.05) is 6.61 Å². The number of alkyl halides is 3. The van der Waals surface area contributed by atoms with Crippen LogP contribution in [0.2, 0.25) is 15.1 Å². The average molecular weight is 474 g/mol. The van der Waals surface area contributed by atoms with E-state index in [1.165, 1.54) is 18.2 Å². The van der Waals surface area contributed by atoms with Crippen molar-refractivity contribution >= 4 is 34.8 Å². The number of nitrogens with zero attached hydrogens (tertiary/aromatic N) is 2. The highest BCUT2D eigenvalue weighted by Gasteiger charge is 2.42. The van der Waals surface area contributed by atoms with E-state index in [-0.39, 0.29) is 45.8 Å². The SMILES string of the molecule is CCOCn1c(-c2ccc(Cl)cc2)c(C#N)c(-c2ccc(Cl)c(Cl)c2)c1C(F)(F)F. The van der Waals surface area contributed by atoms with Crippen molar-refractivity contribution in [2.24, 2.45) is 0 Å². The molecule has 0 fully saturated rings. The molecule has 0 saturated carbocycles. The number of ether oxygens (including phenoxy) is 1. The molecule has 1 aromatic heterocycles. The monoisotopic (exact) mass is 472 g/mol. The van der Waals surface area contributed by atoms with Crippen molar-refractivity contribution in [3.63, 3.8) is 0 Å². The van der Waals surface area contributed by atoms with Crippen LogP contribution in [0.5, 0.6) is 0 Å². The fraction of sp³-hybridized carbons (Fsp3) is 0.190. The second kappa shape index (κ2) is 8.91. The van der Waals surface area contributed by atoms with E-state index in [1.54, 1.807) is 31.2 Å². The number of benzene rings is 2. The molecule has 0 amide bonds. The molecule has 156 valence electrons. The molecule has 0 radical (unpaired) electrons. The van der Waals surface area contributed by atoms with Crippen LogP contribution in [-0.4, -0.2) is 11.2 Å². The molecule has 0 saturated heterocycles. The lowest BCUT2D eigenvalue weighted by Gasteiger charge is -2.16. The Balaban J connectivity index is 2.44. The summed E-state index contributed by atoms with van der Waals surface area (Å²) in [5.74, 6) is 0. The highest BCUT2D eigenvalue weighted by Crippen LogP contribution is 2.46. The number of hydrogen-bond donors (Lipinski definition) is 0. The van der Waals surface area contributed by atoms with Crippen molar-refractivity contribution < 1.29 is 17.9 Å². The number of hydrogen-bond acceptors (Lipinski definition) is 2. The van der Waals surface area contributed by atoms with E-state index in [0.29, 0.717) is 10.6 Å². The van der Waals surface area contributed by atoms with Crippen LogP contribution in [0.25, 0.3) is 22.4 Å². The van der Waals surface area contributed by atoms with Gasteiger partial charge in [-0.15, -0.1) is 0 Å². The van der Waals surface area contributed by atoms with Crippen LogP contribution >= 0.6 is 34.8 Å². The Morgan fingerprint density at radius 1 is 1.00 bits per heavy atom. The lowest BCUT2D eigenvalue weighted by Crippen LogP contribution is -2.17. The molecule has 0 atom stereocenters. The molecule has 0 aliphatic heterocycles. The van der Waals surface area contributed by atoms with E-state index in [0.717, 1.165) is 4.57 Å². The first kappa shape index (κ1) is 22.5. The second-order valence-electron chi connectivity index (χ2n) is 6.24. The van der Waals surface area contributed by atoms with Gasteiger partial charge in [-0.25, -0.2) is 0 Å². The van der Waals surface area contributed by atoms with Crippen LogP contribution in [0, 0.1) is 11.3 Å². The Morgan fingerprint density at radius 3 is 2.17 bits per heavy atom. The van der Waals surface area contributed by atoms with Crippen LogP contribution in [0.1, 0.15) is 18.2 Å². The van der Waals surface area contributed by atoms with Crippen LogP contribution < -0.4 is 0 Å². The van der Waals surface area contributed by atoms with Crippen molar-refractivity contribution in [3.8, 4) is 28.5 Å². The summed E-state index contributed by atoms with van der Waals surface area (Å²) in [6, 6.07) is 12.2. The fourth-order valence-electron chi connectivity index (χ4n) is 3.17. The van der Waals surface area contributed by atoms with Crippen LogP contribution in [0.3, 0.4) is 0 Å². The maximum absolute atomic E-state index is 14.2. The second-order valence-corrected chi connectivity index (χ2v) is 7.49. The van der Waals surface area contributed by atoms with Gasteiger partial charge < -0.3 is 9.30 Å². The quantitative estimate of drug-likeness (QED) is 0.381. The zero-order chi connectivity index (χ0) is 22.1. The summed E-state index contributed by atoms with van der Waals surface area (Å²) in [6.45, 7) is 1.47. The summed E-state index contributed by atoms with van der Waals surface area (Å²) in [6.07, 6.45) is -4.77. The number of rotatable bonds is 5. The molecule has 3 aromatic rings. The third-order valence-corrected chi connectivity index (χ3v) is 5.39. The maximum Gasteiger partial charge on any atom is 0.432 e. The molecule has 0 spiro atoms. The van der Waals surface area contributed by atoms with Gasteiger partial charge in [0.25, 0.3) is 0 Å². The summed E-state index contributed by atoms with van der Waals surface area (Å²) in [5, 5.41) is 10.6. The average Bonchev–Trinajstić information content (AvgIpc) is 3.03. The topological polar surface area (TPSA) is 38.0 Å². The molecule has 3 rings (SSSR count). The molecule has 0 bridgehead atoms. The van der Waals surface area contributed by atoms with Gasteiger partial charge in [0.1, 0.15) is 18.5 Å². The summed E-state index contributed by atoms with van der Waals surface area (Å²) in [7, 11) is 0. The first-order chi connectivity index (χ1) is 14.2. The van der Waals surface area contributed by atoms with Gasteiger partial charge >= 0.3 is 6.18 Å². The van der Waals surface area contributed by atoms with E-state index in [1.807, 2.05) is 6.07 Å². The number of nitriles is 1. The largest absolute Gasteiger partial charge is 0.432 e. The molecule has 30 heavy (non-hydrogen) atoms. The van der Waals surface area contributed by atoms with E-state index in [2.05, 4.69) is 0 Å². The minimum Gasteiger partial charge on any atom is -0.361 e. The zero-order valence-corrected chi connectivity index (χ0v) is 17.8. The predicted molar refractivity (Wildman–Crippen MR) is 112 cm³/mol. The molecular weight excluding hydrogens is 460 g/mol. The minimum absolute atomic E-state index is 0.0796. The molecule has 0 N–H and O–H groups in total. The van der Waals surface area contributed by atoms with Crippen LogP contribution in [-0.2, 0) is 17.6 Å². The van der Waals surface area contributed by atoms with Gasteiger partial charge in [0.05, 0.1) is 21.3 Å². The van der Waals surface area contributed by atoms with Gasteiger partial charge in [0.15, 0.2) is 0 Å². The van der Waals surface area contributed by atoms with Crippen molar-refractivity contribution in [2.45, 2.75) is 19.8 Å². The smallest absolute Gasteiger partial charge is 0.361 e. The summed E-state index contributed by atoms with van der Waals surface area (Å²) < 4.78 is 49.0. The lowest BCUT2D eigenvalue weighted by molar-refractivity contribution is -0.145. The number of halogens is 6. The van der Waals surface area contributed by atoms with Crippen LogP contribution in [0.15, 0.2) is 42.5 Å². The number of aromatic nitrogens is 1. The predicted octanol–water partition coefficient (Wildman–Crippen LogP) is 7.67. The maximum atomic E-state index is 14.2. The van der Waals surface area contributed by atoms with E-state index < -0.39 is 11.9 Å². The Hall–Kier alpha value is -2.17. The molecule has 0 unspecified atom stereocenters. The van der Waals surface area contributed by atoms with Gasteiger partial charge in [0.2, 0.25) is 0 Å². The standard InChI is InChI=1S/C21H14Cl3F3N2O/c1-2-30-11-29-19(12-3-6-14(22)7-4-12)15(10-28)18(20(29)21(25,26)27)13-5-8-16(23)17(24)9-13/h3-9H,2,11H2,1H3. The molecule has 0 aliphatic carbocycles. The third kappa shape index (κ3) is 4.30. The molecule has 9 heteroatoms. The van der Waals surface area contributed by atoms with Gasteiger partial charge in [-0.05, 0) is 42.3 Å². The van der Waals surface area contributed by atoms with Gasteiger partial charge in [-0.1, -0.05) is 53.0 Å². The lowest BCUT2D eigenvalue weighted by atomic mass is 9.98. The van der Waals surface area contributed by atoms with Gasteiger partial charge in [0, 0.05) is 17.2 Å². The fourth-order valence-corrected chi connectivity index (χ4v) is 3.60. The van der Waals surface area contributed by atoms with Gasteiger partial charge in [-0.2, -0.15) is 18.4 Å². The highest BCUT2D eigenvalue weighted by molar-refractivity contribution is 6.42. The zero-order valence-electron chi connectivity index (χ0n) is 15.5. The molecule has 2 aromatic carbocycles. The molecular formula is C21H14Cl3F3N2O. The Kier molecular flexibility index (Phi) is 6.68. The van der Waals surface area contributed by atoms with E-state index >= 15 is 0 Å². The Bertz CT molecular complexity index is 1120. The van der Waals surface area contributed by atoms with E-state index in [9.17, 15) is 18.4 Å². The van der Waals surface area contributed by atoms with Gasteiger partial charge in [-0.3, -0.25) is 0 Å². The van der Waals surface area contributed by atoms with E-state index in [4.69, 9.17) is 39.5 Å². The Labute approximate surface area is 186 Å². The van der Waals surface area contributed by atoms with Crippen molar-refractivity contribution in [1.29, 1.82) is 5.26 Å². The normalized spacial score (nSPS) is 11.5. The molecule has 3 nitrogen and oxygen atoms in total. The summed E-state index contributed by atoms with van der Waals surface area (Å²) in [5.41, 5.74) is -0.839. The van der Waals surface area contributed by atoms with Crippen molar-refractivity contribution in [1.82, 2.24) is 4.57 Å². The van der Waals surface area contributed by atoms with Crippen molar-refractivity contribution in [3.05, 3.63) is 68.8 Å². The highest BCUT2D eigenvalue weighted by atomic mass is 35.5. The first-order valence-corrected chi connectivity index (χ1v) is 9.85. The molecule has 0 aliphatic rings. The minimum atomic E-state index is -4.77. The summed E-state index contributed by atoms with van der Waals surface area (Å²) >= 11 is 17.9. The first-order valence-electron chi connectivity index (χ1n) is 8.71. The molecule has 1 heterocycles. The Morgan fingerprint density at radius 2 is 1.63 bits per heavy atom. The summed E-state index contributed by atoms with van der Waals surface area (Å²) in [4.78, 5) is 0. The van der Waals surface area contributed by atoms with Crippen LogP contribution in [0.4, 0.5) is 13.2 Å². The third-order valence-electron chi connectivity index (χ3n) is 4.39.